The van der Waals surface area contributed by atoms with Gasteiger partial charge in [-0.25, -0.2) is 0 Å². The predicted octanol–water partition coefficient (Wildman–Crippen LogP) is 3.66. The molecule has 1 aliphatic heterocycles. The molecule has 0 saturated heterocycles. The fourth-order valence-corrected chi connectivity index (χ4v) is 2.55. The number of aromatic nitrogens is 1. The highest BCUT2D eigenvalue weighted by Crippen LogP contribution is 2.35. The summed E-state index contributed by atoms with van der Waals surface area (Å²) < 4.78 is 10.6. The zero-order chi connectivity index (χ0) is 15.1. The predicted molar refractivity (Wildman–Crippen MR) is 84.5 cm³/mol. The molecule has 22 heavy (non-hydrogen) atoms. The molecule has 1 aromatic heterocycles. The Morgan fingerprint density at radius 2 is 2.00 bits per heavy atom. The van der Waals surface area contributed by atoms with Crippen molar-refractivity contribution in [2.45, 2.75) is 6.92 Å². The summed E-state index contributed by atoms with van der Waals surface area (Å²) in [4.78, 5) is 7.38. The Kier molecular flexibility index (Phi) is 2.79. The first-order chi connectivity index (χ1) is 10.7. The molecule has 4 rings (SSSR count). The second kappa shape index (κ2) is 4.80. The Morgan fingerprint density at radius 1 is 1.14 bits per heavy atom. The third-order valence-electron chi connectivity index (χ3n) is 3.67. The number of hydrogen-bond donors (Lipinski definition) is 2. The van der Waals surface area contributed by atoms with Crippen molar-refractivity contribution < 1.29 is 14.6 Å². The first-order valence-corrected chi connectivity index (χ1v) is 6.96. The highest BCUT2D eigenvalue weighted by atomic mass is 16.7. The van der Waals surface area contributed by atoms with Crippen LogP contribution in [0.2, 0.25) is 0 Å². The zero-order valence-electron chi connectivity index (χ0n) is 12.0. The summed E-state index contributed by atoms with van der Waals surface area (Å²) in [5, 5.41) is 11.0. The molecular formula is C17H14N2O3. The van der Waals surface area contributed by atoms with Crippen LogP contribution < -0.4 is 9.47 Å². The van der Waals surface area contributed by atoms with Crippen molar-refractivity contribution in [1.82, 2.24) is 4.98 Å². The van der Waals surface area contributed by atoms with Gasteiger partial charge < -0.3 is 19.6 Å². The van der Waals surface area contributed by atoms with Crippen LogP contribution in [-0.2, 0) is 0 Å². The number of nitrogens with one attached hydrogen (secondary N) is 1. The molecule has 5 heteroatoms. The number of benzene rings is 2. The molecule has 0 fully saturated rings. The minimum atomic E-state index is 0.116. The van der Waals surface area contributed by atoms with Crippen LogP contribution in [0.15, 0.2) is 41.4 Å². The smallest absolute Gasteiger partial charge is 0.231 e. The molecule has 0 bridgehead atoms. The Hall–Kier alpha value is -2.95. The summed E-state index contributed by atoms with van der Waals surface area (Å²) in [7, 11) is 0. The topological polar surface area (TPSA) is 66.8 Å². The molecule has 0 amide bonds. The van der Waals surface area contributed by atoms with Gasteiger partial charge in [0, 0.05) is 23.2 Å². The van der Waals surface area contributed by atoms with Gasteiger partial charge in [0.2, 0.25) is 6.79 Å². The summed E-state index contributed by atoms with van der Waals surface area (Å²) in [6.45, 7) is 2.26. The Morgan fingerprint density at radius 3 is 2.91 bits per heavy atom. The van der Waals surface area contributed by atoms with E-state index >= 15 is 0 Å². The lowest BCUT2D eigenvalue weighted by molar-refractivity contribution is 0.174. The normalized spacial score (nSPS) is 13.3. The standard InChI is InChI=1S/C17H14N2O3/c1-10-2-4-14-12(6-10)13(17(20)19-14)8-18-11-3-5-15-16(7-11)22-9-21-15/h2-8,19-20H,9H2,1H3. The lowest BCUT2D eigenvalue weighted by atomic mass is 10.1. The molecule has 0 unspecified atom stereocenters. The number of aromatic amines is 1. The highest BCUT2D eigenvalue weighted by Gasteiger charge is 2.13. The monoisotopic (exact) mass is 294 g/mol. The van der Waals surface area contributed by atoms with Crippen molar-refractivity contribution in [2.24, 2.45) is 4.99 Å². The van der Waals surface area contributed by atoms with E-state index < -0.39 is 0 Å². The van der Waals surface area contributed by atoms with Crippen LogP contribution >= 0.6 is 0 Å². The van der Waals surface area contributed by atoms with Gasteiger partial charge in [0.15, 0.2) is 17.4 Å². The van der Waals surface area contributed by atoms with E-state index in [0.717, 1.165) is 27.9 Å². The third kappa shape index (κ3) is 2.07. The summed E-state index contributed by atoms with van der Waals surface area (Å²) in [6.07, 6.45) is 1.66. The van der Waals surface area contributed by atoms with Gasteiger partial charge in [-0.15, -0.1) is 0 Å². The first-order valence-electron chi connectivity index (χ1n) is 6.96. The molecule has 3 aromatic rings. The third-order valence-corrected chi connectivity index (χ3v) is 3.67. The van der Waals surface area contributed by atoms with Crippen molar-refractivity contribution in [3.05, 3.63) is 47.5 Å². The van der Waals surface area contributed by atoms with Crippen LogP contribution in [0.25, 0.3) is 10.9 Å². The van der Waals surface area contributed by atoms with Crippen molar-refractivity contribution in [1.29, 1.82) is 0 Å². The van der Waals surface area contributed by atoms with E-state index in [1.54, 1.807) is 6.21 Å². The number of hydrogen-bond acceptors (Lipinski definition) is 4. The van der Waals surface area contributed by atoms with Crippen LogP contribution in [0, 0.1) is 6.92 Å². The maximum atomic E-state index is 10.1. The Labute approximate surface area is 126 Å². The van der Waals surface area contributed by atoms with Crippen molar-refractivity contribution >= 4 is 22.8 Å². The molecule has 0 aliphatic carbocycles. The molecule has 2 aromatic carbocycles. The Balaban J connectivity index is 1.74. The van der Waals surface area contributed by atoms with E-state index in [4.69, 9.17) is 9.47 Å². The molecule has 2 heterocycles. The summed E-state index contributed by atoms with van der Waals surface area (Å²) >= 11 is 0. The van der Waals surface area contributed by atoms with Crippen LogP contribution in [0.4, 0.5) is 5.69 Å². The Bertz CT molecular complexity index is 896. The van der Waals surface area contributed by atoms with Crippen molar-refractivity contribution in [3.8, 4) is 17.4 Å². The van der Waals surface area contributed by atoms with Gasteiger partial charge in [-0.1, -0.05) is 11.6 Å². The van der Waals surface area contributed by atoms with Gasteiger partial charge in [0.05, 0.1) is 11.3 Å². The number of H-pyrrole nitrogens is 1. The van der Waals surface area contributed by atoms with E-state index in [2.05, 4.69) is 9.98 Å². The number of fused-ring (bicyclic) bond motifs is 2. The molecule has 5 nitrogen and oxygen atoms in total. The van der Waals surface area contributed by atoms with Crippen molar-refractivity contribution in [2.75, 3.05) is 6.79 Å². The van der Waals surface area contributed by atoms with E-state index in [9.17, 15) is 5.11 Å². The minimum absolute atomic E-state index is 0.116. The quantitative estimate of drug-likeness (QED) is 0.709. The molecular weight excluding hydrogens is 280 g/mol. The largest absolute Gasteiger partial charge is 0.494 e. The van der Waals surface area contributed by atoms with Gasteiger partial charge in [0.1, 0.15) is 0 Å². The molecule has 0 saturated carbocycles. The second-order valence-electron chi connectivity index (χ2n) is 5.23. The SMILES string of the molecule is Cc1ccc2[nH]c(O)c(C=Nc3ccc4c(c3)OCO4)c2c1. The van der Waals surface area contributed by atoms with Crippen LogP contribution in [-0.4, -0.2) is 23.1 Å². The van der Waals surface area contributed by atoms with Crippen LogP contribution in [0.3, 0.4) is 0 Å². The van der Waals surface area contributed by atoms with E-state index in [1.165, 1.54) is 0 Å². The zero-order valence-corrected chi connectivity index (χ0v) is 12.0. The molecule has 2 N–H and O–H groups in total. The molecule has 0 atom stereocenters. The van der Waals surface area contributed by atoms with Gasteiger partial charge >= 0.3 is 0 Å². The van der Waals surface area contributed by atoms with Crippen molar-refractivity contribution in [3.63, 3.8) is 0 Å². The average molecular weight is 294 g/mol. The lowest BCUT2D eigenvalue weighted by Crippen LogP contribution is -1.92. The van der Waals surface area contributed by atoms with Gasteiger partial charge in [-0.2, -0.15) is 0 Å². The van der Waals surface area contributed by atoms with E-state index in [-0.39, 0.29) is 12.7 Å². The number of nitrogens with zero attached hydrogens (tertiary/aromatic N) is 1. The maximum Gasteiger partial charge on any atom is 0.231 e. The van der Waals surface area contributed by atoms with Gasteiger partial charge in [-0.3, -0.25) is 4.99 Å². The number of aryl methyl sites for hydroxylation is 1. The van der Waals surface area contributed by atoms with Crippen LogP contribution in [0.5, 0.6) is 17.4 Å². The fraction of sp³-hybridized carbons (Fsp3) is 0.118. The minimum Gasteiger partial charge on any atom is -0.494 e. The summed E-state index contributed by atoms with van der Waals surface area (Å²) in [5.41, 5.74) is 3.43. The molecule has 110 valence electrons. The summed E-state index contributed by atoms with van der Waals surface area (Å²) in [5.74, 6) is 1.53. The molecule has 0 spiro atoms. The fourth-order valence-electron chi connectivity index (χ4n) is 2.55. The number of ether oxygens (including phenoxy) is 2. The lowest BCUT2D eigenvalue weighted by Gasteiger charge is -1.98. The second-order valence-corrected chi connectivity index (χ2v) is 5.23. The van der Waals surface area contributed by atoms with Crippen LogP contribution in [0.1, 0.15) is 11.1 Å². The number of rotatable bonds is 2. The van der Waals surface area contributed by atoms with Gasteiger partial charge in [0.25, 0.3) is 0 Å². The first kappa shape index (κ1) is 12.8. The average Bonchev–Trinajstić information content (AvgIpc) is 3.08. The molecule has 0 radical (unpaired) electrons. The highest BCUT2D eigenvalue weighted by molar-refractivity contribution is 6.02. The summed E-state index contributed by atoms with van der Waals surface area (Å²) in [6, 6.07) is 11.5. The molecule has 1 aliphatic rings. The number of aromatic hydroxyl groups is 1. The van der Waals surface area contributed by atoms with E-state index in [0.29, 0.717) is 11.3 Å². The van der Waals surface area contributed by atoms with E-state index in [1.807, 2.05) is 43.3 Å². The van der Waals surface area contributed by atoms with Gasteiger partial charge in [-0.05, 0) is 31.2 Å². The number of aliphatic imine (C=N–C) groups is 1. The maximum absolute atomic E-state index is 10.1.